The van der Waals surface area contributed by atoms with Crippen molar-refractivity contribution in [1.29, 1.82) is 0 Å². The van der Waals surface area contributed by atoms with Crippen LogP contribution in [0.15, 0.2) is 0 Å². The zero-order valence-corrected chi connectivity index (χ0v) is 9.40. The molecule has 0 aliphatic heterocycles. The number of aliphatic carboxylic acids is 2. The number of carboxylic acid groups (broad SMARTS) is 2. The van der Waals surface area contributed by atoms with Crippen molar-refractivity contribution >= 4 is 17.8 Å². The molecule has 3 N–H and O–H groups in total. The van der Waals surface area contributed by atoms with Crippen LogP contribution in [-0.2, 0) is 14.4 Å². The van der Waals surface area contributed by atoms with E-state index in [1.165, 1.54) is 0 Å². The molecule has 1 amide bonds. The van der Waals surface area contributed by atoms with E-state index in [2.05, 4.69) is 5.32 Å². The molecular formula is C10H17NO5. The lowest BCUT2D eigenvalue weighted by molar-refractivity contribution is -0.143. The number of hydrogen-bond donors (Lipinski definition) is 3. The summed E-state index contributed by atoms with van der Waals surface area (Å²) in [4.78, 5) is 32.3. The zero-order valence-electron chi connectivity index (χ0n) is 9.40. The summed E-state index contributed by atoms with van der Waals surface area (Å²) in [7, 11) is 0. The number of rotatable bonds is 7. The Morgan fingerprint density at radius 1 is 1.19 bits per heavy atom. The average molecular weight is 231 g/mol. The molecule has 0 aromatic rings. The average Bonchev–Trinajstić information content (AvgIpc) is 2.21. The van der Waals surface area contributed by atoms with Crippen molar-refractivity contribution in [2.24, 2.45) is 5.92 Å². The third kappa shape index (κ3) is 5.33. The lowest BCUT2D eigenvalue weighted by atomic mass is 9.99. The third-order valence-corrected chi connectivity index (χ3v) is 2.36. The maximum absolute atomic E-state index is 11.2. The van der Waals surface area contributed by atoms with Crippen LogP contribution in [0.3, 0.4) is 0 Å². The van der Waals surface area contributed by atoms with Crippen molar-refractivity contribution in [2.45, 2.75) is 39.2 Å². The molecule has 16 heavy (non-hydrogen) atoms. The molecule has 92 valence electrons. The Hall–Kier alpha value is -1.59. The van der Waals surface area contributed by atoms with Crippen molar-refractivity contribution in [2.75, 3.05) is 0 Å². The van der Waals surface area contributed by atoms with Gasteiger partial charge in [0.1, 0.15) is 6.04 Å². The molecule has 0 fully saturated rings. The molecule has 2 unspecified atom stereocenters. The maximum atomic E-state index is 11.2. The number of nitrogens with one attached hydrogen (secondary N) is 1. The van der Waals surface area contributed by atoms with E-state index >= 15 is 0 Å². The highest BCUT2D eigenvalue weighted by Crippen LogP contribution is 2.08. The molecule has 2 atom stereocenters. The highest BCUT2D eigenvalue weighted by atomic mass is 16.4. The van der Waals surface area contributed by atoms with E-state index in [-0.39, 0.29) is 18.8 Å². The molecule has 6 nitrogen and oxygen atoms in total. The topological polar surface area (TPSA) is 104 Å². The summed E-state index contributed by atoms with van der Waals surface area (Å²) in [5.41, 5.74) is 0. The van der Waals surface area contributed by atoms with Crippen LogP contribution in [0.2, 0.25) is 0 Å². The summed E-state index contributed by atoms with van der Waals surface area (Å²) < 4.78 is 0. The number of hydrogen-bond acceptors (Lipinski definition) is 3. The standard InChI is InChI=1S/C10H17NO5/c1-3-6(2)9(10(15)16)11-7(12)4-5-8(13)14/h6,9H,3-5H2,1-2H3,(H,11,12)(H,13,14)(H,15,16). The van der Waals surface area contributed by atoms with Crippen LogP contribution >= 0.6 is 0 Å². The lowest BCUT2D eigenvalue weighted by Crippen LogP contribution is -2.45. The summed E-state index contributed by atoms with van der Waals surface area (Å²) in [6.45, 7) is 3.54. The third-order valence-electron chi connectivity index (χ3n) is 2.36. The molecular weight excluding hydrogens is 214 g/mol. The van der Waals surface area contributed by atoms with E-state index < -0.39 is 23.9 Å². The van der Waals surface area contributed by atoms with Gasteiger partial charge in [-0.3, -0.25) is 9.59 Å². The van der Waals surface area contributed by atoms with Gasteiger partial charge in [0.25, 0.3) is 0 Å². The Kier molecular flexibility index (Phi) is 6.14. The summed E-state index contributed by atoms with van der Waals surface area (Å²) in [5, 5.41) is 19.6. The molecule has 0 bridgehead atoms. The molecule has 0 aromatic carbocycles. The monoisotopic (exact) mass is 231 g/mol. The minimum absolute atomic E-state index is 0.189. The number of amides is 1. The van der Waals surface area contributed by atoms with E-state index in [1.807, 2.05) is 6.92 Å². The largest absolute Gasteiger partial charge is 0.481 e. The van der Waals surface area contributed by atoms with Crippen LogP contribution in [-0.4, -0.2) is 34.1 Å². The van der Waals surface area contributed by atoms with Crippen LogP contribution in [0.25, 0.3) is 0 Å². The van der Waals surface area contributed by atoms with Gasteiger partial charge >= 0.3 is 11.9 Å². The maximum Gasteiger partial charge on any atom is 0.326 e. The Labute approximate surface area is 93.6 Å². The van der Waals surface area contributed by atoms with Gasteiger partial charge in [-0.25, -0.2) is 4.79 Å². The summed E-state index contributed by atoms with van der Waals surface area (Å²) in [5.74, 6) is -2.91. The van der Waals surface area contributed by atoms with E-state index in [9.17, 15) is 14.4 Å². The Bertz CT molecular complexity index is 276. The van der Waals surface area contributed by atoms with Gasteiger partial charge in [0.2, 0.25) is 5.91 Å². The van der Waals surface area contributed by atoms with Crippen molar-refractivity contribution in [3.05, 3.63) is 0 Å². The molecule has 0 rings (SSSR count). The summed E-state index contributed by atoms with van der Waals surface area (Å²) >= 11 is 0. The predicted molar refractivity (Wildman–Crippen MR) is 55.9 cm³/mol. The normalized spacial score (nSPS) is 13.9. The van der Waals surface area contributed by atoms with Gasteiger partial charge < -0.3 is 15.5 Å². The number of carboxylic acids is 2. The smallest absolute Gasteiger partial charge is 0.326 e. The lowest BCUT2D eigenvalue weighted by Gasteiger charge is -2.19. The minimum Gasteiger partial charge on any atom is -0.481 e. The summed E-state index contributed by atoms with van der Waals surface area (Å²) in [6, 6.07) is -0.953. The van der Waals surface area contributed by atoms with E-state index in [0.29, 0.717) is 6.42 Å². The molecule has 0 radical (unpaired) electrons. The number of carbonyl (C=O) groups excluding carboxylic acids is 1. The molecule has 0 saturated heterocycles. The fourth-order valence-electron chi connectivity index (χ4n) is 1.15. The van der Waals surface area contributed by atoms with Gasteiger partial charge in [-0.1, -0.05) is 20.3 Å². The first-order valence-electron chi connectivity index (χ1n) is 5.12. The fourth-order valence-corrected chi connectivity index (χ4v) is 1.15. The molecule has 0 saturated carbocycles. The molecule has 0 heterocycles. The fraction of sp³-hybridized carbons (Fsp3) is 0.700. The first kappa shape index (κ1) is 14.4. The van der Waals surface area contributed by atoms with Crippen molar-refractivity contribution in [3.63, 3.8) is 0 Å². The first-order chi connectivity index (χ1) is 7.38. The van der Waals surface area contributed by atoms with Crippen LogP contribution in [0.5, 0.6) is 0 Å². The van der Waals surface area contributed by atoms with Crippen molar-refractivity contribution < 1.29 is 24.6 Å². The van der Waals surface area contributed by atoms with E-state index in [4.69, 9.17) is 10.2 Å². The SMILES string of the molecule is CCC(C)C(NC(=O)CCC(=O)O)C(=O)O. The Balaban J connectivity index is 4.24. The van der Waals surface area contributed by atoms with Crippen molar-refractivity contribution in [1.82, 2.24) is 5.32 Å². The second kappa shape index (κ2) is 6.81. The second-order valence-corrected chi connectivity index (χ2v) is 3.66. The molecule has 0 spiro atoms. The highest BCUT2D eigenvalue weighted by Gasteiger charge is 2.25. The van der Waals surface area contributed by atoms with Gasteiger partial charge in [0.05, 0.1) is 6.42 Å². The molecule has 0 aliphatic rings. The molecule has 0 aromatic heterocycles. The van der Waals surface area contributed by atoms with Crippen LogP contribution < -0.4 is 5.32 Å². The summed E-state index contributed by atoms with van der Waals surface area (Å²) in [6.07, 6.45) is 0.129. The second-order valence-electron chi connectivity index (χ2n) is 3.66. The number of carbonyl (C=O) groups is 3. The van der Waals surface area contributed by atoms with Crippen LogP contribution in [0.1, 0.15) is 33.1 Å². The van der Waals surface area contributed by atoms with E-state index in [0.717, 1.165) is 0 Å². The first-order valence-corrected chi connectivity index (χ1v) is 5.12. The highest BCUT2D eigenvalue weighted by molar-refractivity contribution is 5.85. The van der Waals surface area contributed by atoms with E-state index in [1.54, 1.807) is 6.92 Å². The van der Waals surface area contributed by atoms with Crippen LogP contribution in [0.4, 0.5) is 0 Å². The van der Waals surface area contributed by atoms with Crippen molar-refractivity contribution in [3.8, 4) is 0 Å². The Morgan fingerprint density at radius 2 is 1.75 bits per heavy atom. The van der Waals surface area contributed by atoms with Gasteiger partial charge in [-0.2, -0.15) is 0 Å². The molecule has 0 aliphatic carbocycles. The van der Waals surface area contributed by atoms with Gasteiger partial charge in [0.15, 0.2) is 0 Å². The van der Waals surface area contributed by atoms with Gasteiger partial charge in [0, 0.05) is 6.42 Å². The molecule has 6 heteroatoms. The minimum atomic E-state index is -1.10. The van der Waals surface area contributed by atoms with Gasteiger partial charge in [-0.15, -0.1) is 0 Å². The quantitative estimate of drug-likeness (QED) is 0.590. The van der Waals surface area contributed by atoms with Crippen LogP contribution in [0, 0.1) is 5.92 Å². The van der Waals surface area contributed by atoms with Gasteiger partial charge in [-0.05, 0) is 5.92 Å². The zero-order chi connectivity index (χ0) is 12.7. The Morgan fingerprint density at radius 3 is 2.12 bits per heavy atom. The predicted octanol–water partition coefficient (Wildman–Crippen LogP) is 0.467.